The summed E-state index contributed by atoms with van der Waals surface area (Å²) in [5.74, 6) is 0.316. The van der Waals surface area contributed by atoms with Gasteiger partial charge in [0.1, 0.15) is 5.75 Å². The van der Waals surface area contributed by atoms with E-state index in [1.807, 2.05) is 18.2 Å². The molecule has 1 aromatic heterocycles. The largest absolute Gasteiger partial charge is 0.508 e. The van der Waals surface area contributed by atoms with Gasteiger partial charge in [0.05, 0.1) is 18.1 Å². The van der Waals surface area contributed by atoms with Crippen molar-refractivity contribution in [2.24, 2.45) is 0 Å². The molecular weight excluding hydrogens is 202 g/mol. The molecule has 0 aliphatic carbocycles. The molecule has 2 aromatic rings. The van der Waals surface area contributed by atoms with Crippen LogP contribution >= 0.6 is 0 Å². The van der Waals surface area contributed by atoms with Crippen LogP contribution < -0.4 is 5.32 Å². The van der Waals surface area contributed by atoms with Crippen molar-refractivity contribution in [2.45, 2.75) is 12.5 Å². The number of nitrogens with zero attached hydrogens (tertiary/aromatic N) is 1. The first-order valence-corrected chi connectivity index (χ1v) is 5.39. The lowest BCUT2D eigenvalue weighted by Crippen LogP contribution is -2.30. The molecule has 4 heteroatoms. The van der Waals surface area contributed by atoms with Crippen LogP contribution in [0, 0.1) is 0 Å². The number of aromatic hydroxyl groups is 1. The summed E-state index contributed by atoms with van der Waals surface area (Å²) in [5, 5.41) is 13.2. The average molecular weight is 215 g/mol. The van der Waals surface area contributed by atoms with Gasteiger partial charge in [0.25, 0.3) is 0 Å². The molecule has 0 saturated carbocycles. The summed E-state index contributed by atoms with van der Waals surface area (Å²) in [6, 6.07) is 7.38. The standard InChI is InChI=1S/C12H13N3O/c16-10-4-2-1-3-8(10)11-12-9(5-6-13-11)14-7-15-12/h1-4,7,11,13,16H,5-6H2,(H,14,15)/t11-/m0/s1. The minimum Gasteiger partial charge on any atom is -0.508 e. The second-order valence-electron chi connectivity index (χ2n) is 3.96. The molecule has 0 spiro atoms. The average Bonchev–Trinajstić information content (AvgIpc) is 2.77. The molecule has 3 rings (SSSR count). The van der Waals surface area contributed by atoms with Gasteiger partial charge in [0.15, 0.2) is 0 Å². The number of aromatic amines is 1. The third-order valence-electron chi connectivity index (χ3n) is 3.00. The van der Waals surface area contributed by atoms with Crippen LogP contribution in [0.25, 0.3) is 0 Å². The Morgan fingerprint density at radius 1 is 1.31 bits per heavy atom. The lowest BCUT2D eigenvalue weighted by molar-refractivity contribution is 0.452. The van der Waals surface area contributed by atoms with Gasteiger partial charge >= 0.3 is 0 Å². The molecule has 1 atom stereocenters. The maximum atomic E-state index is 9.85. The number of hydrogen-bond acceptors (Lipinski definition) is 3. The Balaban J connectivity index is 2.08. The van der Waals surface area contributed by atoms with Gasteiger partial charge in [0.2, 0.25) is 0 Å². The van der Waals surface area contributed by atoms with E-state index in [-0.39, 0.29) is 6.04 Å². The van der Waals surface area contributed by atoms with E-state index in [4.69, 9.17) is 0 Å². The Kier molecular flexibility index (Phi) is 2.15. The van der Waals surface area contributed by atoms with E-state index in [2.05, 4.69) is 15.3 Å². The number of fused-ring (bicyclic) bond motifs is 1. The highest BCUT2D eigenvalue weighted by Crippen LogP contribution is 2.31. The van der Waals surface area contributed by atoms with Gasteiger partial charge in [-0.15, -0.1) is 0 Å². The van der Waals surface area contributed by atoms with Crippen molar-refractivity contribution in [1.29, 1.82) is 0 Å². The molecule has 0 saturated heterocycles. The van der Waals surface area contributed by atoms with Crippen molar-refractivity contribution in [2.75, 3.05) is 6.54 Å². The molecule has 0 radical (unpaired) electrons. The fourth-order valence-corrected chi connectivity index (χ4v) is 2.21. The maximum absolute atomic E-state index is 9.85. The van der Waals surface area contributed by atoms with Gasteiger partial charge in [-0.2, -0.15) is 0 Å². The summed E-state index contributed by atoms with van der Waals surface area (Å²) < 4.78 is 0. The van der Waals surface area contributed by atoms with Gasteiger partial charge < -0.3 is 15.4 Å². The van der Waals surface area contributed by atoms with Crippen molar-refractivity contribution < 1.29 is 5.11 Å². The molecule has 1 aromatic carbocycles. The Morgan fingerprint density at radius 3 is 3.06 bits per heavy atom. The molecular formula is C12H13N3O. The SMILES string of the molecule is Oc1ccccc1[C@@H]1NCCc2[nH]cnc21. The summed E-state index contributed by atoms with van der Waals surface area (Å²) in [6.07, 6.45) is 2.67. The highest BCUT2D eigenvalue weighted by atomic mass is 16.3. The summed E-state index contributed by atoms with van der Waals surface area (Å²) in [4.78, 5) is 7.47. The Hall–Kier alpha value is -1.81. The minimum absolute atomic E-state index is 0.00352. The van der Waals surface area contributed by atoms with Crippen LogP contribution in [0.4, 0.5) is 0 Å². The van der Waals surface area contributed by atoms with E-state index in [1.165, 1.54) is 0 Å². The van der Waals surface area contributed by atoms with Crippen LogP contribution in [0.5, 0.6) is 5.75 Å². The number of aromatic nitrogens is 2. The van der Waals surface area contributed by atoms with Gasteiger partial charge in [-0.3, -0.25) is 0 Å². The fraction of sp³-hybridized carbons (Fsp3) is 0.250. The molecule has 16 heavy (non-hydrogen) atoms. The van der Waals surface area contributed by atoms with E-state index in [0.717, 1.165) is 29.9 Å². The molecule has 3 N–H and O–H groups in total. The fourth-order valence-electron chi connectivity index (χ4n) is 2.21. The van der Waals surface area contributed by atoms with Crippen LogP contribution in [0.3, 0.4) is 0 Å². The van der Waals surface area contributed by atoms with Crippen molar-refractivity contribution >= 4 is 0 Å². The van der Waals surface area contributed by atoms with E-state index >= 15 is 0 Å². The molecule has 82 valence electrons. The van der Waals surface area contributed by atoms with Crippen LogP contribution in [0.1, 0.15) is 23.0 Å². The Labute approximate surface area is 93.4 Å². The van der Waals surface area contributed by atoms with Crippen LogP contribution in [-0.4, -0.2) is 21.6 Å². The van der Waals surface area contributed by atoms with Gasteiger partial charge in [-0.25, -0.2) is 4.98 Å². The molecule has 0 amide bonds. The molecule has 1 aliphatic heterocycles. The quantitative estimate of drug-likeness (QED) is 0.673. The van der Waals surface area contributed by atoms with Crippen molar-refractivity contribution in [3.05, 3.63) is 47.5 Å². The molecule has 0 fully saturated rings. The number of phenols is 1. The highest BCUT2D eigenvalue weighted by molar-refractivity contribution is 5.40. The van der Waals surface area contributed by atoms with Gasteiger partial charge in [-0.1, -0.05) is 18.2 Å². The number of H-pyrrole nitrogens is 1. The number of rotatable bonds is 1. The predicted octanol–water partition coefficient (Wildman–Crippen LogP) is 1.35. The van der Waals surface area contributed by atoms with Crippen LogP contribution in [0.15, 0.2) is 30.6 Å². The normalized spacial score (nSPS) is 19.4. The first-order valence-electron chi connectivity index (χ1n) is 5.39. The second kappa shape index (κ2) is 3.64. The molecule has 2 heterocycles. The van der Waals surface area contributed by atoms with Gasteiger partial charge in [-0.05, 0) is 6.07 Å². The zero-order valence-electron chi connectivity index (χ0n) is 8.77. The summed E-state index contributed by atoms with van der Waals surface area (Å²) in [6.45, 7) is 0.897. The molecule has 0 unspecified atom stereocenters. The number of imidazole rings is 1. The molecule has 1 aliphatic rings. The minimum atomic E-state index is -0.00352. The predicted molar refractivity (Wildman–Crippen MR) is 60.2 cm³/mol. The van der Waals surface area contributed by atoms with Crippen molar-refractivity contribution in [3.8, 4) is 5.75 Å². The number of benzene rings is 1. The first kappa shape index (κ1) is 9.42. The van der Waals surface area contributed by atoms with E-state index in [0.29, 0.717) is 5.75 Å². The zero-order chi connectivity index (χ0) is 11.0. The van der Waals surface area contributed by atoms with Crippen molar-refractivity contribution in [3.63, 3.8) is 0 Å². The number of phenolic OH excluding ortho intramolecular Hbond substituents is 1. The summed E-state index contributed by atoms with van der Waals surface area (Å²) in [5.41, 5.74) is 3.04. The topological polar surface area (TPSA) is 60.9 Å². The third kappa shape index (κ3) is 1.39. The first-order chi connectivity index (χ1) is 7.86. The summed E-state index contributed by atoms with van der Waals surface area (Å²) >= 11 is 0. The lowest BCUT2D eigenvalue weighted by atomic mass is 9.97. The van der Waals surface area contributed by atoms with E-state index in [1.54, 1.807) is 12.4 Å². The Morgan fingerprint density at radius 2 is 2.19 bits per heavy atom. The third-order valence-corrected chi connectivity index (χ3v) is 3.00. The second-order valence-corrected chi connectivity index (χ2v) is 3.96. The van der Waals surface area contributed by atoms with Crippen LogP contribution in [0.2, 0.25) is 0 Å². The number of hydrogen-bond donors (Lipinski definition) is 3. The number of nitrogens with one attached hydrogen (secondary N) is 2. The Bertz CT molecular complexity index is 506. The lowest BCUT2D eigenvalue weighted by Gasteiger charge is -2.23. The zero-order valence-corrected chi connectivity index (χ0v) is 8.77. The molecule has 4 nitrogen and oxygen atoms in total. The van der Waals surface area contributed by atoms with E-state index < -0.39 is 0 Å². The monoisotopic (exact) mass is 215 g/mol. The summed E-state index contributed by atoms with van der Waals surface area (Å²) in [7, 11) is 0. The highest BCUT2D eigenvalue weighted by Gasteiger charge is 2.25. The van der Waals surface area contributed by atoms with Crippen LogP contribution in [-0.2, 0) is 6.42 Å². The van der Waals surface area contributed by atoms with Gasteiger partial charge in [0, 0.05) is 24.2 Å². The maximum Gasteiger partial charge on any atom is 0.120 e. The van der Waals surface area contributed by atoms with Crippen molar-refractivity contribution in [1.82, 2.24) is 15.3 Å². The molecule has 0 bridgehead atoms. The number of para-hydroxylation sites is 1. The smallest absolute Gasteiger partial charge is 0.120 e. The van der Waals surface area contributed by atoms with E-state index in [9.17, 15) is 5.11 Å².